The van der Waals surface area contributed by atoms with Crippen molar-refractivity contribution in [3.63, 3.8) is 0 Å². The lowest BCUT2D eigenvalue weighted by molar-refractivity contribution is -0.000747. The van der Waals surface area contributed by atoms with E-state index in [1.54, 1.807) is 18.2 Å². The molecular formula is C15H21N3O. The Morgan fingerprint density at radius 1 is 1.58 bits per heavy atom. The van der Waals surface area contributed by atoms with Crippen LogP contribution in [0.2, 0.25) is 0 Å². The number of hydrogen-bond acceptors (Lipinski definition) is 4. The molecule has 0 spiro atoms. The topological polar surface area (TPSA) is 82.1 Å². The Hall–Kier alpha value is -1.73. The molecule has 1 saturated carbocycles. The highest BCUT2D eigenvalue weighted by Gasteiger charge is 2.32. The predicted octanol–water partition coefficient (Wildman–Crippen LogP) is 2.49. The Morgan fingerprint density at radius 2 is 2.37 bits per heavy atom. The number of benzene rings is 1. The summed E-state index contributed by atoms with van der Waals surface area (Å²) in [7, 11) is 0. The Morgan fingerprint density at radius 3 is 3.05 bits per heavy atom. The van der Waals surface area contributed by atoms with Crippen molar-refractivity contribution < 1.29 is 5.11 Å². The van der Waals surface area contributed by atoms with Crippen molar-refractivity contribution in [2.24, 2.45) is 5.92 Å². The molecule has 0 bridgehead atoms. The normalized spacial score (nSPS) is 26.7. The van der Waals surface area contributed by atoms with E-state index in [4.69, 9.17) is 11.0 Å². The minimum atomic E-state index is -0.660. The van der Waals surface area contributed by atoms with E-state index in [-0.39, 0.29) is 0 Å². The summed E-state index contributed by atoms with van der Waals surface area (Å²) >= 11 is 0. The van der Waals surface area contributed by atoms with Gasteiger partial charge >= 0.3 is 0 Å². The zero-order valence-corrected chi connectivity index (χ0v) is 11.3. The highest BCUT2D eigenvalue weighted by molar-refractivity contribution is 5.68. The first-order chi connectivity index (χ1) is 9.02. The summed E-state index contributed by atoms with van der Waals surface area (Å²) in [6, 6.07) is 7.23. The number of nitrogens with one attached hydrogen (secondary N) is 1. The van der Waals surface area contributed by atoms with Crippen LogP contribution in [-0.2, 0) is 0 Å². The van der Waals surface area contributed by atoms with Gasteiger partial charge in [0.25, 0.3) is 0 Å². The number of hydrogen-bond donors (Lipinski definition) is 3. The summed E-state index contributed by atoms with van der Waals surface area (Å²) in [4.78, 5) is 0. The van der Waals surface area contributed by atoms with Crippen molar-refractivity contribution in [1.29, 1.82) is 5.26 Å². The van der Waals surface area contributed by atoms with E-state index >= 15 is 0 Å². The summed E-state index contributed by atoms with van der Waals surface area (Å²) in [5.74, 6) is 0.559. The molecule has 0 heterocycles. The van der Waals surface area contributed by atoms with Crippen LogP contribution in [0.15, 0.2) is 18.2 Å². The Labute approximate surface area is 114 Å². The molecular weight excluding hydrogens is 238 g/mol. The SMILES string of the molecule is CC1CCCC(O)(CNc2cc(C#N)ccc2N)C1. The number of anilines is 2. The Balaban J connectivity index is 2.04. The summed E-state index contributed by atoms with van der Waals surface area (Å²) in [6.45, 7) is 2.66. The van der Waals surface area contributed by atoms with Crippen LogP contribution >= 0.6 is 0 Å². The standard InChI is InChI=1S/C15H21N3O/c1-11-3-2-6-15(19,8-11)10-18-14-7-12(9-16)4-5-13(14)17/h4-5,7,11,18-19H,2-3,6,8,10,17H2,1H3. The van der Waals surface area contributed by atoms with Gasteiger partial charge in [0.15, 0.2) is 0 Å². The fourth-order valence-corrected chi connectivity index (χ4v) is 2.83. The van der Waals surface area contributed by atoms with Crippen molar-refractivity contribution in [3.05, 3.63) is 23.8 Å². The zero-order valence-electron chi connectivity index (χ0n) is 11.3. The largest absolute Gasteiger partial charge is 0.397 e. The van der Waals surface area contributed by atoms with Crippen molar-refractivity contribution in [2.45, 2.75) is 38.2 Å². The Bertz CT molecular complexity index is 495. The van der Waals surface area contributed by atoms with Crippen LogP contribution in [0, 0.1) is 17.2 Å². The third kappa shape index (κ3) is 3.39. The maximum absolute atomic E-state index is 10.6. The second-order valence-corrected chi connectivity index (χ2v) is 5.69. The smallest absolute Gasteiger partial charge is 0.0992 e. The molecule has 0 radical (unpaired) electrons. The molecule has 1 aromatic rings. The van der Waals surface area contributed by atoms with Gasteiger partial charge in [0, 0.05) is 6.54 Å². The molecule has 1 aromatic carbocycles. The van der Waals surface area contributed by atoms with E-state index in [0.29, 0.717) is 23.7 Å². The first-order valence-electron chi connectivity index (χ1n) is 6.78. The Kier molecular flexibility index (Phi) is 3.96. The van der Waals surface area contributed by atoms with Crippen LogP contribution in [0.4, 0.5) is 11.4 Å². The molecule has 4 heteroatoms. The maximum Gasteiger partial charge on any atom is 0.0992 e. The average molecular weight is 259 g/mol. The first kappa shape index (κ1) is 13.7. The van der Waals surface area contributed by atoms with E-state index in [9.17, 15) is 5.11 Å². The number of nitrogens with zero attached hydrogens (tertiary/aromatic N) is 1. The second kappa shape index (κ2) is 5.50. The lowest BCUT2D eigenvalue weighted by atomic mass is 9.79. The second-order valence-electron chi connectivity index (χ2n) is 5.69. The summed E-state index contributed by atoms with van der Waals surface area (Å²) in [6.07, 6.45) is 3.89. The molecule has 2 atom stereocenters. The van der Waals surface area contributed by atoms with Gasteiger partial charge in [-0.15, -0.1) is 0 Å². The van der Waals surface area contributed by atoms with Crippen LogP contribution in [0.1, 0.15) is 38.2 Å². The van der Waals surface area contributed by atoms with Crippen molar-refractivity contribution >= 4 is 11.4 Å². The van der Waals surface area contributed by atoms with Gasteiger partial charge in [0.05, 0.1) is 28.6 Å². The van der Waals surface area contributed by atoms with Crippen LogP contribution < -0.4 is 11.1 Å². The van der Waals surface area contributed by atoms with Crippen LogP contribution in [0.3, 0.4) is 0 Å². The van der Waals surface area contributed by atoms with Crippen LogP contribution in [0.5, 0.6) is 0 Å². The fourth-order valence-electron chi connectivity index (χ4n) is 2.83. The number of nitriles is 1. The molecule has 0 amide bonds. The molecule has 19 heavy (non-hydrogen) atoms. The summed E-state index contributed by atoms with van der Waals surface area (Å²) in [5.41, 5.74) is 7.12. The minimum absolute atomic E-state index is 0.483. The quantitative estimate of drug-likeness (QED) is 0.728. The minimum Gasteiger partial charge on any atom is -0.397 e. The van der Waals surface area contributed by atoms with Crippen molar-refractivity contribution in [1.82, 2.24) is 0 Å². The number of nitrogen functional groups attached to an aromatic ring is 1. The first-order valence-corrected chi connectivity index (χ1v) is 6.78. The van der Waals surface area contributed by atoms with E-state index in [1.807, 2.05) is 0 Å². The molecule has 0 saturated heterocycles. The predicted molar refractivity (Wildman–Crippen MR) is 76.6 cm³/mol. The summed E-state index contributed by atoms with van der Waals surface area (Å²) < 4.78 is 0. The molecule has 102 valence electrons. The third-order valence-electron chi connectivity index (χ3n) is 3.86. The van der Waals surface area contributed by atoms with Crippen LogP contribution in [0.25, 0.3) is 0 Å². The lowest BCUT2D eigenvalue weighted by Gasteiger charge is -2.36. The zero-order chi connectivity index (χ0) is 13.9. The number of aliphatic hydroxyl groups is 1. The van der Waals surface area contributed by atoms with Crippen molar-refractivity contribution in [2.75, 3.05) is 17.6 Å². The van der Waals surface area contributed by atoms with E-state index in [1.165, 1.54) is 6.42 Å². The molecule has 0 aliphatic heterocycles. The molecule has 0 aromatic heterocycles. The molecule has 1 aliphatic rings. The molecule has 2 unspecified atom stereocenters. The van der Waals surface area contributed by atoms with Gasteiger partial charge in [-0.05, 0) is 37.0 Å². The van der Waals surface area contributed by atoms with Gasteiger partial charge < -0.3 is 16.2 Å². The molecule has 2 rings (SSSR count). The van der Waals surface area contributed by atoms with Gasteiger partial charge in [-0.1, -0.05) is 19.8 Å². The number of nitrogens with two attached hydrogens (primary N) is 1. The van der Waals surface area contributed by atoms with Gasteiger partial charge in [-0.2, -0.15) is 5.26 Å². The van der Waals surface area contributed by atoms with E-state index in [2.05, 4.69) is 18.3 Å². The van der Waals surface area contributed by atoms with E-state index in [0.717, 1.165) is 24.9 Å². The molecule has 1 fully saturated rings. The monoisotopic (exact) mass is 259 g/mol. The van der Waals surface area contributed by atoms with Crippen molar-refractivity contribution in [3.8, 4) is 6.07 Å². The van der Waals surface area contributed by atoms with Crippen LogP contribution in [-0.4, -0.2) is 17.3 Å². The molecule has 4 nitrogen and oxygen atoms in total. The molecule has 4 N–H and O–H groups in total. The van der Waals surface area contributed by atoms with E-state index < -0.39 is 5.60 Å². The maximum atomic E-state index is 10.6. The third-order valence-corrected chi connectivity index (χ3v) is 3.86. The fraction of sp³-hybridized carbons (Fsp3) is 0.533. The number of rotatable bonds is 3. The lowest BCUT2D eigenvalue weighted by Crippen LogP contribution is -2.41. The summed E-state index contributed by atoms with van der Waals surface area (Å²) in [5, 5.41) is 22.6. The highest BCUT2D eigenvalue weighted by atomic mass is 16.3. The van der Waals surface area contributed by atoms with Gasteiger partial charge in [-0.3, -0.25) is 0 Å². The van der Waals surface area contributed by atoms with Gasteiger partial charge in [-0.25, -0.2) is 0 Å². The van der Waals surface area contributed by atoms with Gasteiger partial charge in [0.2, 0.25) is 0 Å². The average Bonchev–Trinajstić information content (AvgIpc) is 2.37. The molecule has 1 aliphatic carbocycles. The van der Waals surface area contributed by atoms with Gasteiger partial charge in [0.1, 0.15) is 0 Å². The highest BCUT2D eigenvalue weighted by Crippen LogP contribution is 2.32.